The van der Waals surface area contributed by atoms with Crippen molar-refractivity contribution >= 4 is 0 Å². The second kappa shape index (κ2) is 6.39. The number of aliphatic hydroxyl groups excluding tert-OH is 1. The number of para-hydroxylation sites is 1. The molecule has 0 aliphatic heterocycles. The predicted molar refractivity (Wildman–Crippen MR) is 77.5 cm³/mol. The molecule has 1 atom stereocenters. The number of aryl methyl sites for hydroxylation is 1. The summed E-state index contributed by atoms with van der Waals surface area (Å²) < 4.78 is 5.33. The van der Waals surface area contributed by atoms with Crippen LogP contribution in [0.1, 0.15) is 29.7 Å². The van der Waals surface area contributed by atoms with Gasteiger partial charge < -0.3 is 9.84 Å². The smallest absolute Gasteiger partial charge is 0.122 e. The average molecular weight is 256 g/mol. The molecule has 0 aliphatic rings. The van der Waals surface area contributed by atoms with Gasteiger partial charge in [0.2, 0.25) is 0 Å². The summed E-state index contributed by atoms with van der Waals surface area (Å²) in [5, 5.41) is 10.5. The van der Waals surface area contributed by atoms with Crippen LogP contribution in [0, 0.1) is 0 Å². The van der Waals surface area contributed by atoms with Gasteiger partial charge in [-0.05, 0) is 29.2 Å². The second-order valence-electron chi connectivity index (χ2n) is 4.58. The van der Waals surface area contributed by atoms with Crippen molar-refractivity contribution in [1.82, 2.24) is 0 Å². The SMILES string of the molecule is CCc1ccccc1C(O)Cc1ccccc1OC. The molecular weight excluding hydrogens is 236 g/mol. The lowest BCUT2D eigenvalue weighted by molar-refractivity contribution is 0.176. The van der Waals surface area contributed by atoms with E-state index in [-0.39, 0.29) is 0 Å². The van der Waals surface area contributed by atoms with Gasteiger partial charge in [-0.25, -0.2) is 0 Å². The maximum Gasteiger partial charge on any atom is 0.122 e. The molecule has 100 valence electrons. The fraction of sp³-hybridized carbons (Fsp3) is 0.294. The molecular formula is C17H20O2. The molecule has 2 aromatic rings. The third-order valence-electron chi connectivity index (χ3n) is 3.40. The van der Waals surface area contributed by atoms with E-state index >= 15 is 0 Å². The Labute approximate surface area is 114 Å². The molecule has 0 amide bonds. The van der Waals surface area contributed by atoms with Gasteiger partial charge in [-0.3, -0.25) is 0 Å². The standard InChI is InChI=1S/C17H20O2/c1-3-13-8-4-6-10-15(13)16(18)12-14-9-5-7-11-17(14)19-2/h4-11,16,18H,3,12H2,1-2H3. The van der Waals surface area contributed by atoms with Crippen LogP contribution in [-0.2, 0) is 12.8 Å². The Kier molecular flexibility index (Phi) is 4.58. The van der Waals surface area contributed by atoms with Crippen LogP contribution in [0.15, 0.2) is 48.5 Å². The van der Waals surface area contributed by atoms with Crippen LogP contribution < -0.4 is 4.74 Å². The summed E-state index contributed by atoms with van der Waals surface area (Å²) in [5.41, 5.74) is 3.24. The van der Waals surface area contributed by atoms with Crippen LogP contribution in [0.4, 0.5) is 0 Å². The summed E-state index contributed by atoms with van der Waals surface area (Å²) in [6.07, 6.45) is 1.01. The van der Waals surface area contributed by atoms with Crippen molar-refractivity contribution < 1.29 is 9.84 Å². The van der Waals surface area contributed by atoms with E-state index in [1.165, 1.54) is 5.56 Å². The van der Waals surface area contributed by atoms with Gasteiger partial charge in [0, 0.05) is 6.42 Å². The summed E-state index contributed by atoms with van der Waals surface area (Å²) in [7, 11) is 1.66. The number of hydrogen-bond donors (Lipinski definition) is 1. The minimum atomic E-state index is -0.493. The van der Waals surface area contributed by atoms with Crippen molar-refractivity contribution in [3.8, 4) is 5.75 Å². The van der Waals surface area contributed by atoms with Gasteiger partial charge in [-0.1, -0.05) is 49.4 Å². The zero-order chi connectivity index (χ0) is 13.7. The highest BCUT2D eigenvalue weighted by molar-refractivity contribution is 5.36. The van der Waals surface area contributed by atoms with Crippen LogP contribution in [0.3, 0.4) is 0 Å². The Balaban J connectivity index is 2.23. The summed E-state index contributed by atoms with van der Waals surface area (Å²) in [4.78, 5) is 0. The summed E-state index contributed by atoms with van der Waals surface area (Å²) in [6, 6.07) is 15.9. The zero-order valence-electron chi connectivity index (χ0n) is 11.5. The van der Waals surface area contributed by atoms with E-state index in [1.807, 2.05) is 42.5 Å². The summed E-state index contributed by atoms with van der Waals surface area (Å²) in [5.74, 6) is 0.829. The zero-order valence-corrected chi connectivity index (χ0v) is 11.5. The maximum atomic E-state index is 10.5. The van der Waals surface area contributed by atoms with E-state index in [4.69, 9.17) is 4.74 Å². The van der Waals surface area contributed by atoms with E-state index < -0.39 is 6.10 Å². The third-order valence-corrected chi connectivity index (χ3v) is 3.40. The first-order chi connectivity index (χ1) is 9.26. The first-order valence-corrected chi connectivity index (χ1v) is 6.64. The molecule has 1 unspecified atom stereocenters. The van der Waals surface area contributed by atoms with Crippen LogP contribution in [-0.4, -0.2) is 12.2 Å². The average Bonchev–Trinajstić information content (AvgIpc) is 2.47. The van der Waals surface area contributed by atoms with Gasteiger partial charge in [0.25, 0.3) is 0 Å². The van der Waals surface area contributed by atoms with Gasteiger partial charge in [0.05, 0.1) is 13.2 Å². The van der Waals surface area contributed by atoms with Crippen LogP contribution in [0.25, 0.3) is 0 Å². The molecule has 0 fully saturated rings. The number of benzene rings is 2. The largest absolute Gasteiger partial charge is 0.496 e. The van der Waals surface area contributed by atoms with Crippen molar-refractivity contribution in [1.29, 1.82) is 0 Å². The molecule has 1 N–H and O–H groups in total. The van der Waals surface area contributed by atoms with Crippen LogP contribution in [0.2, 0.25) is 0 Å². The molecule has 0 radical (unpaired) electrons. The Morgan fingerprint density at radius 3 is 2.32 bits per heavy atom. The lowest BCUT2D eigenvalue weighted by atomic mass is 9.95. The van der Waals surface area contributed by atoms with E-state index in [0.29, 0.717) is 6.42 Å². The van der Waals surface area contributed by atoms with Crippen molar-refractivity contribution in [3.05, 3.63) is 65.2 Å². The summed E-state index contributed by atoms with van der Waals surface area (Å²) in [6.45, 7) is 2.11. The summed E-state index contributed by atoms with van der Waals surface area (Å²) >= 11 is 0. The highest BCUT2D eigenvalue weighted by Crippen LogP contribution is 2.26. The Hall–Kier alpha value is -1.80. The predicted octanol–water partition coefficient (Wildman–Crippen LogP) is 3.53. The van der Waals surface area contributed by atoms with Crippen molar-refractivity contribution in [3.63, 3.8) is 0 Å². The molecule has 0 aliphatic carbocycles. The minimum Gasteiger partial charge on any atom is -0.496 e. The number of rotatable bonds is 5. The van der Waals surface area contributed by atoms with Gasteiger partial charge in [0.15, 0.2) is 0 Å². The van der Waals surface area contributed by atoms with Gasteiger partial charge in [0.1, 0.15) is 5.75 Å². The van der Waals surface area contributed by atoms with E-state index in [9.17, 15) is 5.11 Å². The highest BCUT2D eigenvalue weighted by atomic mass is 16.5. The maximum absolute atomic E-state index is 10.5. The van der Waals surface area contributed by atoms with Gasteiger partial charge in [-0.15, -0.1) is 0 Å². The Morgan fingerprint density at radius 1 is 1.00 bits per heavy atom. The fourth-order valence-electron chi connectivity index (χ4n) is 2.37. The monoisotopic (exact) mass is 256 g/mol. The highest BCUT2D eigenvalue weighted by Gasteiger charge is 2.14. The molecule has 19 heavy (non-hydrogen) atoms. The number of methoxy groups -OCH3 is 1. The second-order valence-corrected chi connectivity index (χ2v) is 4.58. The molecule has 0 aromatic heterocycles. The van der Waals surface area contributed by atoms with E-state index in [0.717, 1.165) is 23.3 Å². The number of hydrogen-bond acceptors (Lipinski definition) is 2. The molecule has 2 rings (SSSR count). The molecule has 0 saturated heterocycles. The van der Waals surface area contributed by atoms with Gasteiger partial charge >= 0.3 is 0 Å². The third kappa shape index (κ3) is 3.15. The Bertz CT molecular complexity index is 534. The molecule has 0 bridgehead atoms. The van der Waals surface area contributed by atoms with Gasteiger partial charge in [-0.2, -0.15) is 0 Å². The number of aliphatic hydroxyl groups is 1. The van der Waals surface area contributed by atoms with E-state index in [2.05, 4.69) is 13.0 Å². The first-order valence-electron chi connectivity index (χ1n) is 6.64. The quantitative estimate of drug-likeness (QED) is 0.886. The van der Waals surface area contributed by atoms with E-state index in [1.54, 1.807) is 7.11 Å². The van der Waals surface area contributed by atoms with Crippen molar-refractivity contribution in [2.24, 2.45) is 0 Å². The topological polar surface area (TPSA) is 29.5 Å². The number of ether oxygens (including phenoxy) is 1. The molecule has 2 heteroatoms. The van der Waals surface area contributed by atoms with Crippen LogP contribution in [0.5, 0.6) is 5.75 Å². The Morgan fingerprint density at radius 2 is 1.63 bits per heavy atom. The van der Waals surface area contributed by atoms with Crippen molar-refractivity contribution in [2.75, 3.05) is 7.11 Å². The van der Waals surface area contributed by atoms with Crippen LogP contribution >= 0.6 is 0 Å². The first kappa shape index (κ1) is 13.6. The molecule has 2 aromatic carbocycles. The normalized spacial score (nSPS) is 12.2. The van der Waals surface area contributed by atoms with Crippen molar-refractivity contribution in [2.45, 2.75) is 25.9 Å². The minimum absolute atomic E-state index is 0.493. The molecule has 0 heterocycles. The molecule has 2 nitrogen and oxygen atoms in total. The lowest BCUT2D eigenvalue weighted by Crippen LogP contribution is -2.06. The lowest BCUT2D eigenvalue weighted by Gasteiger charge is -2.16. The fourth-order valence-corrected chi connectivity index (χ4v) is 2.37. The molecule has 0 saturated carbocycles. The molecule has 0 spiro atoms.